The first-order valence-corrected chi connectivity index (χ1v) is 8.96. The molecule has 0 radical (unpaired) electrons. The molecule has 3 N–H and O–H groups in total. The van der Waals surface area contributed by atoms with Crippen LogP contribution in [-0.2, 0) is 9.53 Å². The Labute approximate surface area is 172 Å². The molecule has 2 aliphatic heterocycles. The van der Waals surface area contributed by atoms with Crippen molar-refractivity contribution in [2.24, 2.45) is 0 Å². The minimum atomic E-state index is -0.470. The predicted molar refractivity (Wildman–Crippen MR) is 110 cm³/mol. The van der Waals surface area contributed by atoms with Gasteiger partial charge in [-0.1, -0.05) is 0 Å². The third kappa shape index (κ3) is 7.27. The zero-order chi connectivity index (χ0) is 17.5. The number of rotatable bonds is 6. The molecule has 0 spiro atoms. The van der Waals surface area contributed by atoms with Gasteiger partial charge < -0.3 is 25.6 Å². The predicted octanol–water partition coefficient (Wildman–Crippen LogP) is 1.28. The molecule has 2 amide bonds. The van der Waals surface area contributed by atoms with Gasteiger partial charge in [0.1, 0.15) is 6.10 Å². The molecule has 1 atom stereocenters. The number of hydrogen-bond acceptors (Lipinski definition) is 5. The zero-order valence-electron chi connectivity index (χ0n) is 15.2. The van der Waals surface area contributed by atoms with Gasteiger partial charge in [-0.05, 0) is 50.2 Å². The number of amides is 2. The highest BCUT2D eigenvalue weighted by molar-refractivity contribution is 5.97. The SMILES string of the molecule is Cl.Cl.O=C(NCCN1CCCC1)c1ccc(NC(=O)C2CNCCO2)cc1. The van der Waals surface area contributed by atoms with Crippen LogP contribution >= 0.6 is 24.8 Å². The minimum Gasteiger partial charge on any atom is -0.366 e. The van der Waals surface area contributed by atoms with Crippen molar-refractivity contribution in [2.45, 2.75) is 18.9 Å². The average molecular weight is 419 g/mol. The second kappa shape index (κ2) is 12.2. The highest BCUT2D eigenvalue weighted by Gasteiger charge is 2.21. The molecule has 2 saturated heterocycles. The maximum absolute atomic E-state index is 12.2. The Morgan fingerprint density at radius 2 is 1.85 bits per heavy atom. The summed E-state index contributed by atoms with van der Waals surface area (Å²) in [5.41, 5.74) is 1.25. The molecular weight excluding hydrogens is 391 g/mol. The highest BCUT2D eigenvalue weighted by atomic mass is 35.5. The Morgan fingerprint density at radius 1 is 1.15 bits per heavy atom. The zero-order valence-corrected chi connectivity index (χ0v) is 16.9. The van der Waals surface area contributed by atoms with E-state index in [4.69, 9.17) is 4.74 Å². The molecule has 0 aromatic heterocycles. The van der Waals surface area contributed by atoms with Crippen molar-refractivity contribution in [2.75, 3.05) is 51.2 Å². The second-order valence-electron chi connectivity index (χ2n) is 6.43. The van der Waals surface area contributed by atoms with Gasteiger partial charge in [0.2, 0.25) is 0 Å². The van der Waals surface area contributed by atoms with Crippen LogP contribution in [-0.4, -0.2) is 68.7 Å². The molecule has 0 bridgehead atoms. The lowest BCUT2D eigenvalue weighted by Gasteiger charge is -2.22. The molecule has 1 aromatic carbocycles. The molecule has 7 nitrogen and oxygen atoms in total. The van der Waals surface area contributed by atoms with Crippen LogP contribution in [0.4, 0.5) is 5.69 Å². The van der Waals surface area contributed by atoms with Gasteiger partial charge in [0.05, 0.1) is 6.61 Å². The van der Waals surface area contributed by atoms with Crippen LogP contribution in [0.2, 0.25) is 0 Å². The molecule has 3 rings (SSSR count). The van der Waals surface area contributed by atoms with Gasteiger partial charge in [0.15, 0.2) is 0 Å². The number of likely N-dealkylation sites (tertiary alicyclic amines) is 1. The topological polar surface area (TPSA) is 82.7 Å². The van der Waals surface area contributed by atoms with Gasteiger partial charge >= 0.3 is 0 Å². The summed E-state index contributed by atoms with van der Waals surface area (Å²) in [6, 6.07) is 6.93. The maximum atomic E-state index is 12.2. The van der Waals surface area contributed by atoms with E-state index in [-0.39, 0.29) is 36.6 Å². The normalized spacial score (nSPS) is 19.5. The van der Waals surface area contributed by atoms with E-state index in [9.17, 15) is 9.59 Å². The van der Waals surface area contributed by atoms with Crippen LogP contribution < -0.4 is 16.0 Å². The number of nitrogens with one attached hydrogen (secondary N) is 3. The fourth-order valence-corrected chi connectivity index (χ4v) is 3.10. The van der Waals surface area contributed by atoms with Gasteiger partial charge in [-0.3, -0.25) is 9.59 Å². The van der Waals surface area contributed by atoms with Gasteiger partial charge in [-0.25, -0.2) is 0 Å². The second-order valence-corrected chi connectivity index (χ2v) is 6.43. The molecule has 2 fully saturated rings. The Morgan fingerprint density at radius 3 is 2.48 bits per heavy atom. The largest absolute Gasteiger partial charge is 0.366 e. The number of anilines is 1. The molecule has 2 heterocycles. The van der Waals surface area contributed by atoms with Crippen LogP contribution in [0.5, 0.6) is 0 Å². The average Bonchev–Trinajstić information content (AvgIpc) is 3.16. The fourth-order valence-electron chi connectivity index (χ4n) is 3.10. The first-order chi connectivity index (χ1) is 12.2. The van der Waals surface area contributed by atoms with E-state index in [0.29, 0.717) is 30.9 Å². The van der Waals surface area contributed by atoms with Crippen LogP contribution in [0.15, 0.2) is 24.3 Å². The Hall–Kier alpha value is -1.38. The van der Waals surface area contributed by atoms with E-state index in [1.807, 2.05) is 0 Å². The van der Waals surface area contributed by atoms with Gasteiger partial charge in [0.25, 0.3) is 11.8 Å². The standard InChI is InChI=1S/C18H26N4O3.2ClH/c23-17(20-7-11-22-9-1-2-10-22)14-3-5-15(6-4-14)21-18(24)16-13-19-8-12-25-16;;/h3-6,16,19H,1-2,7-13H2,(H,20,23)(H,21,24);2*1H. The first-order valence-electron chi connectivity index (χ1n) is 8.96. The number of benzene rings is 1. The van der Waals surface area contributed by atoms with E-state index in [1.165, 1.54) is 12.8 Å². The lowest BCUT2D eigenvalue weighted by Crippen LogP contribution is -2.45. The molecular formula is C18H28Cl2N4O3. The van der Waals surface area contributed by atoms with Crippen molar-refractivity contribution in [1.82, 2.24) is 15.5 Å². The summed E-state index contributed by atoms with van der Waals surface area (Å²) in [6.45, 7) is 5.64. The highest BCUT2D eigenvalue weighted by Crippen LogP contribution is 2.11. The quantitative estimate of drug-likeness (QED) is 0.647. The van der Waals surface area contributed by atoms with Crippen LogP contribution in [0.3, 0.4) is 0 Å². The van der Waals surface area contributed by atoms with E-state index in [0.717, 1.165) is 26.2 Å². The molecule has 0 saturated carbocycles. The summed E-state index contributed by atoms with van der Waals surface area (Å²) in [7, 11) is 0. The van der Waals surface area contributed by atoms with E-state index in [1.54, 1.807) is 24.3 Å². The van der Waals surface area contributed by atoms with Crippen molar-refractivity contribution < 1.29 is 14.3 Å². The third-order valence-electron chi connectivity index (χ3n) is 4.55. The number of carbonyl (C=O) groups excluding carboxylic acids is 2. The number of carbonyl (C=O) groups is 2. The molecule has 2 aliphatic rings. The molecule has 0 aliphatic carbocycles. The monoisotopic (exact) mass is 418 g/mol. The molecule has 27 heavy (non-hydrogen) atoms. The van der Waals surface area contributed by atoms with Crippen LogP contribution in [0.25, 0.3) is 0 Å². The Balaban J connectivity index is 0.00000182. The summed E-state index contributed by atoms with van der Waals surface area (Å²) in [6.07, 6.45) is 2.04. The number of ether oxygens (including phenoxy) is 1. The molecule has 1 aromatic rings. The van der Waals surface area contributed by atoms with E-state index in [2.05, 4.69) is 20.9 Å². The third-order valence-corrected chi connectivity index (χ3v) is 4.55. The first kappa shape index (κ1) is 23.7. The van der Waals surface area contributed by atoms with Crippen molar-refractivity contribution >= 4 is 42.3 Å². The maximum Gasteiger partial charge on any atom is 0.254 e. The smallest absolute Gasteiger partial charge is 0.254 e. The number of nitrogens with zero attached hydrogens (tertiary/aromatic N) is 1. The summed E-state index contributed by atoms with van der Waals surface area (Å²) >= 11 is 0. The Kier molecular flexibility index (Phi) is 10.6. The van der Waals surface area contributed by atoms with E-state index >= 15 is 0 Å². The summed E-state index contributed by atoms with van der Waals surface area (Å²) < 4.78 is 5.42. The van der Waals surface area contributed by atoms with Crippen LogP contribution in [0, 0.1) is 0 Å². The van der Waals surface area contributed by atoms with E-state index < -0.39 is 6.10 Å². The number of hydrogen-bond donors (Lipinski definition) is 3. The van der Waals surface area contributed by atoms with Crippen molar-refractivity contribution in [1.29, 1.82) is 0 Å². The van der Waals surface area contributed by atoms with Crippen LogP contribution in [0.1, 0.15) is 23.2 Å². The minimum absolute atomic E-state index is 0. The molecule has 1 unspecified atom stereocenters. The van der Waals surface area contributed by atoms with Crippen molar-refractivity contribution in [3.05, 3.63) is 29.8 Å². The lowest BCUT2D eigenvalue weighted by atomic mass is 10.2. The number of halogens is 2. The van der Waals surface area contributed by atoms with Crippen molar-refractivity contribution in [3.63, 3.8) is 0 Å². The fraction of sp³-hybridized carbons (Fsp3) is 0.556. The summed E-state index contributed by atoms with van der Waals surface area (Å²) in [5.74, 6) is -0.257. The molecule has 152 valence electrons. The van der Waals surface area contributed by atoms with Gasteiger partial charge in [-0.2, -0.15) is 0 Å². The van der Waals surface area contributed by atoms with Crippen molar-refractivity contribution in [3.8, 4) is 0 Å². The van der Waals surface area contributed by atoms with Gasteiger partial charge in [0, 0.05) is 37.4 Å². The molecule has 9 heteroatoms. The summed E-state index contributed by atoms with van der Waals surface area (Å²) in [4.78, 5) is 26.6. The number of morpholine rings is 1. The Bertz CT molecular complexity index is 589. The lowest BCUT2D eigenvalue weighted by molar-refractivity contribution is -0.128. The summed E-state index contributed by atoms with van der Waals surface area (Å²) in [5, 5.41) is 8.88. The van der Waals surface area contributed by atoms with Gasteiger partial charge in [-0.15, -0.1) is 24.8 Å².